The molecule has 1 aliphatic carbocycles. The smallest absolute Gasteiger partial charge is 0.125 e. The van der Waals surface area contributed by atoms with Crippen LogP contribution in [0.25, 0.3) is 21.5 Å². The Morgan fingerprint density at radius 3 is 2.90 bits per heavy atom. The van der Waals surface area contributed by atoms with E-state index < -0.39 is 0 Å². The number of rotatable bonds is 2. The average molecular weight is 345 g/mol. The molecule has 3 aromatic rings. The molecule has 0 atom stereocenters. The summed E-state index contributed by atoms with van der Waals surface area (Å²) in [6.07, 6.45) is 5.88. The highest BCUT2D eigenvalue weighted by Gasteiger charge is 2.22. The van der Waals surface area contributed by atoms with E-state index in [1.54, 1.807) is 11.3 Å². The van der Waals surface area contributed by atoms with Crippen molar-refractivity contribution < 1.29 is 0 Å². The molecule has 4 rings (SSSR count). The summed E-state index contributed by atoms with van der Waals surface area (Å²) in [6.45, 7) is 0. The molecular weight excluding hydrogens is 332 g/mol. The molecule has 4 heteroatoms. The summed E-state index contributed by atoms with van der Waals surface area (Å²) < 4.78 is 1.08. The van der Waals surface area contributed by atoms with Gasteiger partial charge in [0.2, 0.25) is 0 Å². The standard InChI is InChI=1S/C16H13BrN2S/c17-13-4-5-14-11(7-13)6-12(8-18-14)16-19-15(9-20-16)10-2-1-3-10/h4-10H,1-3H2. The van der Waals surface area contributed by atoms with E-state index in [9.17, 15) is 0 Å². The summed E-state index contributed by atoms with van der Waals surface area (Å²) in [7, 11) is 0. The lowest BCUT2D eigenvalue weighted by Gasteiger charge is -2.22. The van der Waals surface area contributed by atoms with Crippen LogP contribution in [-0.4, -0.2) is 9.97 Å². The fourth-order valence-electron chi connectivity index (χ4n) is 2.53. The number of hydrogen-bond acceptors (Lipinski definition) is 3. The molecule has 0 spiro atoms. The molecule has 1 aromatic carbocycles. The van der Waals surface area contributed by atoms with Gasteiger partial charge >= 0.3 is 0 Å². The third-order valence-corrected chi connectivity index (χ3v) is 5.34. The molecule has 2 nitrogen and oxygen atoms in total. The first-order valence-electron chi connectivity index (χ1n) is 6.81. The van der Waals surface area contributed by atoms with Crippen LogP contribution in [0.1, 0.15) is 30.9 Å². The second kappa shape index (κ2) is 4.93. The van der Waals surface area contributed by atoms with Crippen LogP contribution in [0.3, 0.4) is 0 Å². The number of thiazole rings is 1. The van der Waals surface area contributed by atoms with Gasteiger partial charge in [0.25, 0.3) is 0 Å². The highest BCUT2D eigenvalue weighted by Crippen LogP contribution is 2.38. The van der Waals surface area contributed by atoms with Gasteiger partial charge in [-0.1, -0.05) is 22.4 Å². The number of fused-ring (bicyclic) bond motifs is 1. The Kier molecular flexibility index (Phi) is 3.08. The Labute approximate surface area is 130 Å². The van der Waals surface area contributed by atoms with Crippen LogP contribution in [0.4, 0.5) is 0 Å². The predicted octanol–water partition coefficient (Wildman–Crippen LogP) is 5.39. The highest BCUT2D eigenvalue weighted by atomic mass is 79.9. The molecule has 1 aliphatic rings. The Morgan fingerprint density at radius 2 is 2.10 bits per heavy atom. The third kappa shape index (κ3) is 2.17. The molecule has 20 heavy (non-hydrogen) atoms. The van der Waals surface area contributed by atoms with Gasteiger partial charge in [-0.2, -0.15) is 0 Å². The van der Waals surface area contributed by atoms with E-state index in [2.05, 4.69) is 38.4 Å². The van der Waals surface area contributed by atoms with Crippen molar-refractivity contribution in [2.75, 3.05) is 0 Å². The van der Waals surface area contributed by atoms with E-state index in [1.807, 2.05) is 18.3 Å². The first kappa shape index (κ1) is 12.5. The molecule has 0 bridgehead atoms. The average Bonchev–Trinajstić information content (AvgIpc) is 2.85. The molecule has 0 unspecified atom stereocenters. The van der Waals surface area contributed by atoms with E-state index in [0.29, 0.717) is 5.92 Å². The van der Waals surface area contributed by atoms with E-state index in [-0.39, 0.29) is 0 Å². The minimum absolute atomic E-state index is 0.697. The van der Waals surface area contributed by atoms with Gasteiger partial charge in [0.15, 0.2) is 0 Å². The summed E-state index contributed by atoms with van der Waals surface area (Å²) in [6, 6.07) is 8.33. The Bertz CT molecular complexity index is 777. The van der Waals surface area contributed by atoms with Crippen molar-refractivity contribution in [3.05, 3.63) is 46.0 Å². The third-order valence-electron chi connectivity index (χ3n) is 3.94. The van der Waals surface area contributed by atoms with Crippen molar-refractivity contribution >= 4 is 38.2 Å². The largest absolute Gasteiger partial charge is 0.256 e. The van der Waals surface area contributed by atoms with Crippen molar-refractivity contribution in [2.45, 2.75) is 25.2 Å². The normalized spacial score (nSPS) is 15.4. The number of pyridine rings is 1. The summed E-state index contributed by atoms with van der Waals surface area (Å²) in [5.74, 6) is 0.697. The SMILES string of the molecule is Brc1ccc2ncc(-c3nc(C4CCC4)cs3)cc2c1. The first-order valence-corrected chi connectivity index (χ1v) is 8.48. The van der Waals surface area contributed by atoms with Gasteiger partial charge in [-0.3, -0.25) is 4.98 Å². The molecule has 2 aromatic heterocycles. The Morgan fingerprint density at radius 1 is 1.20 bits per heavy atom. The molecule has 0 amide bonds. The van der Waals surface area contributed by atoms with Crippen molar-refractivity contribution in [1.29, 1.82) is 0 Å². The van der Waals surface area contributed by atoms with Gasteiger partial charge in [0.1, 0.15) is 5.01 Å². The van der Waals surface area contributed by atoms with Crippen LogP contribution in [0.5, 0.6) is 0 Å². The quantitative estimate of drug-likeness (QED) is 0.622. The minimum atomic E-state index is 0.697. The maximum absolute atomic E-state index is 4.80. The lowest BCUT2D eigenvalue weighted by molar-refractivity contribution is 0.413. The molecule has 0 radical (unpaired) electrons. The van der Waals surface area contributed by atoms with Crippen LogP contribution in [0.2, 0.25) is 0 Å². The maximum Gasteiger partial charge on any atom is 0.125 e. The molecular formula is C16H13BrN2S. The van der Waals surface area contributed by atoms with Crippen molar-refractivity contribution in [1.82, 2.24) is 9.97 Å². The van der Waals surface area contributed by atoms with Crippen molar-refractivity contribution in [3.8, 4) is 10.6 Å². The monoisotopic (exact) mass is 344 g/mol. The van der Waals surface area contributed by atoms with Crippen LogP contribution < -0.4 is 0 Å². The fourth-order valence-corrected chi connectivity index (χ4v) is 3.79. The molecule has 0 aliphatic heterocycles. The molecule has 100 valence electrons. The fraction of sp³-hybridized carbons (Fsp3) is 0.250. The van der Waals surface area contributed by atoms with Gasteiger partial charge in [-0.15, -0.1) is 11.3 Å². The highest BCUT2D eigenvalue weighted by molar-refractivity contribution is 9.10. The number of hydrogen-bond donors (Lipinski definition) is 0. The lowest BCUT2D eigenvalue weighted by atomic mass is 9.83. The Hall–Kier alpha value is -1.26. The topological polar surface area (TPSA) is 25.8 Å². The minimum Gasteiger partial charge on any atom is -0.256 e. The lowest BCUT2D eigenvalue weighted by Crippen LogP contribution is -2.08. The van der Waals surface area contributed by atoms with Gasteiger partial charge in [0, 0.05) is 32.9 Å². The number of halogens is 1. The van der Waals surface area contributed by atoms with Gasteiger partial charge in [-0.05, 0) is 37.1 Å². The van der Waals surface area contributed by atoms with E-state index in [0.717, 1.165) is 25.9 Å². The zero-order valence-electron chi connectivity index (χ0n) is 10.8. The van der Waals surface area contributed by atoms with E-state index >= 15 is 0 Å². The van der Waals surface area contributed by atoms with E-state index in [1.165, 1.54) is 25.0 Å². The number of aromatic nitrogens is 2. The number of benzene rings is 1. The maximum atomic E-state index is 4.80. The number of nitrogens with zero attached hydrogens (tertiary/aromatic N) is 2. The van der Waals surface area contributed by atoms with Crippen molar-refractivity contribution in [2.24, 2.45) is 0 Å². The zero-order chi connectivity index (χ0) is 13.5. The van der Waals surface area contributed by atoms with Crippen molar-refractivity contribution in [3.63, 3.8) is 0 Å². The van der Waals surface area contributed by atoms with E-state index in [4.69, 9.17) is 4.98 Å². The van der Waals surface area contributed by atoms with Crippen LogP contribution in [0, 0.1) is 0 Å². The van der Waals surface area contributed by atoms with Crippen LogP contribution in [0.15, 0.2) is 40.3 Å². The summed E-state index contributed by atoms with van der Waals surface area (Å²) in [5, 5.41) is 4.45. The van der Waals surface area contributed by atoms with Gasteiger partial charge in [-0.25, -0.2) is 4.98 Å². The Balaban J connectivity index is 1.75. The second-order valence-corrected chi connectivity index (χ2v) is 7.04. The molecule has 2 heterocycles. The molecule has 0 saturated heterocycles. The summed E-state index contributed by atoms with van der Waals surface area (Å²) in [4.78, 5) is 9.33. The van der Waals surface area contributed by atoms with Crippen LogP contribution in [-0.2, 0) is 0 Å². The molecule has 1 saturated carbocycles. The molecule has 0 N–H and O–H groups in total. The predicted molar refractivity (Wildman–Crippen MR) is 87.1 cm³/mol. The second-order valence-electron chi connectivity index (χ2n) is 5.27. The van der Waals surface area contributed by atoms with Crippen LogP contribution >= 0.6 is 27.3 Å². The molecule has 1 fully saturated rings. The summed E-state index contributed by atoms with van der Waals surface area (Å²) in [5.41, 5.74) is 3.41. The first-order chi connectivity index (χ1) is 9.79. The zero-order valence-corrected chi connectivity index (χ0v) is 13.2. The van der Waals surface area contributed by atoms with Gasteiger partial charge in [0.05, 0.1) is 11.2 Å². The van der Waals surface area contributed by atoms with Gasteiger partial charge < -0.3 is 0 Å². The summed E-state index contributed by atoms with van der Waals surface area (Å²) >= 11 is 5.24.